The van der Waals surface area contributed by atoms with E-state index in [0.717, 1.165) is 37.8 Å². The molecule has 0 bridgehead atoms. The van der Waals surface area contributed by atoms with Gasteiger partial charge in [-0.1, -0.05) is 6.42 Å². The Labute approximate surface area is 203 Å². The third-order valence-corrected chi connectivity index (χ3v) is 8.53. The van der Waals surface area contributed by atoms with Gasteiger partial charge < -0.3 is 5.32 Å². The first-order valence-corrected chi connectivity index (χ1v) is 13.3. The molecule has 1 aliphatic carbocycles. The van der Waals surface area contributed by atoms with Gasteiger partial charge in [0.2, 0.25) is 16.0 Å². The highest BCUT2D eigenvalue weighted by atomic mass is 32.2. The number of carbonyl (C=O) groups is 1. The zero-order chi connectivity index (χ0) is 24.7. The van der Waals surface area contributed by atoms with Crippen molar-refractivity contribution in [3.05, 3.63) is 63.2 Å². The van der Waals surface area contributed by atoms with Gasteiger partial charge in [-0.2, -0.15) is 14.1 Å². The molecule has 2 N–H and O–H groups in total. The van der Waals surface area contributed by atoms with Gasteiger partial charge in [0.1, 0.15) is 5.82 Å². The average molecular weight is 497 g/mol. The van der Waals surface area contributed by atoms with Crippen molar-refractivity contribution in [2.24, 2.45) is 0 Å². The average Bonchev–Trinajstić information content (AvgIpc) is 3.63. The first kappa shape index (κ1) is 23.4. The van der Waals surface area contributed by atoms with E-state index in [-0.39, 0.29) is 16.4 Å². The molecule has 2 aromatic heterocycles. The second-order valence-corrected chi connectivity index (χ2v) is 11.1. The summed E-state index contributed by atoms with van der Waals surface area (Å²) in [7, 11) is -3.57. The van der Waals surface area contributed by atoms with Gasteiger partial charge in [-0.15, -0.1) is 0 Å². The summed E-state index contributed by atoms with van der Waals surface area (Å²) in [4.78, 5) is 32.7. The van der Waals surface area contributed by atoms with E-state index < -0.39 is 15.9 Å². The SMILES string of the molecule is Cc1nc(-n2nc(C3CC3)cc2NC(=O)c2ccc(S(=O)(=O)N3CCCCC3)cc2)[nH]c(=O)c1C. The van der Waals surface area contributed by atoms with Gasteiger partial charge >= 0.3 is 0 Å². The molecule has 3 heterocycles. The van der Waals surface area contributed by atoms with Gasteiger partial charge in [-0.25, -0.2) is 13.4 Å². The molecule has 35 heavy (non-hydrogen) atoms. The predicted octanol–water partition coefficient (Wildman–Crippen LogP) is 2.88. The molecule has 11 heteroatoms. The lowest BCUT2D eigenvalue weighted by atomic mass is 10.2. The number of aromatic amines is 1. The second kappa shape index (κ2) is 9.04. The normalized spacial score (nSPS) is 16.9. The van der Waals surface area contributed by atoms with Gasteiger partial charge in [0.25, 0.3) is 11.5 Å². The maximum absolute atomic E-state index is 13.0. The molecule has 1 aromatic carbocycles. The van der Waals surface area contributed by atoms with Crippen LogP contribution >= 0.6 is 0 Å². The molecule has 10 nitrogen and oxygen atoms in total. The summed E-state index contributed by atoms with van der Waals surface area (Å²) in [5.41, 5.74) is 1.97. The highest BCUT2D eigenvalue weighted by molar-refractivity contribution is 7.89. The Balaban J connectivity index is 1.40. The molecule has 0 unspecified atom stereocenters. The number of carbonyl (C=O) groups excluding carboxylic acids is 1. The van der Waals surface area contributed by atoms with E-state index in [1.807, 2.05) is 0 Å². The minimum Gasteiger partial charge on any atom is -0.306 e. The number of amides is 1. The number of sulfonamides is 1. The number of aryl methyl sites for hydroxylation is 1. The molecule has 2 fully saturated rings. The molecule has 5 rings (SSSR count). The van der Waals surface area contributed by atoms with Crippen LogP contribution in [0.3, 0.4) is 0 Å². The molecule has 0 spiro atoms. The maximum Gasteiger partial charge on any atom is 0.256 e. The minimum absolute atomic E-state index is 0.175. The molecule has 1 saturated carbocycles. The van der Waals surface area contributed by atoms with Crippen molar-refractivity contribution in [3.63, 3.8) is 0 Å². The molecule has 3 aromatic rings. The largest absolute Gasteiger partial charge is 0.306 e. The number of H-pyrrole nitrogens is 1. The van der Waals surface area contributed by atoms with Gasteiger partial charge in [0, 0.05) is 41.9 Å². The topological polar surface area (TPSA) is 130 Å². The lowest BCUT2D eigenvalue weighted by molar-refractivity contribution is 0.102. The van der Waals surface area contributed by atoms with Crippen molar-refractivity contribution in [2.45, 2.75) is 56.8 Å². The number of benzene rings is 1. The molecular weight excluding hydrogens is 468 g/mol. The quantitative estimate of drug-likeness (QED) is 0.540. The van der Waals surface area contributed by atoms with E-state index in [0.29, 0.717) is 41.6 Å². The number of rotatable bonds is 6. The Bertz CT molecular complexity index is 1430. The Kier molecular flexibility index (Phi) is 6.06. The smallest absolute Gasteiger partial charge is 0.256 e. The third-order valence-electron chi connectivity index (χ3n) is 6.62. The zero-order valence-electron chi connectivity index (χ0n) is 19.7. The van der Waals surface area contributed by atoms with Crippen molar-refractivity contribution in [1.82, 2.24) is 24.1 Å². The third kappa shape index (κ3) is 4.65. The maximum atomic E-state index is 13.0. The van der Waals surface area contributed by atoms with Crippen molar-refractivity contribution in [1.29, 1.82) is 0 Å². The summed E-state index contributed by atoms with van der Waals surface area (Å²) in [6.45, 7) is 4.48. The van der Waals surface area contributed by atoms with Crippen molar-refractivity contribution < 1.29 is 13.2 Å². The van der Waals surface area contributed by atoms with Gasteiger partial charge in [-0.05, 0) is 63.8 Å². The summed E-state index contributed by atoms with van der Waals surface area (Å²) in [5.74, 6) is 0.516. The summed E-state index contributed by atoms with van der Waals surface area (Å²) >= 11 is 0. The number of nitrogens with one attached hydrogen (secondary N) is 2. The number of hydrogen-bond acceptors (Lipinski definition) is 6. The molecule has 184 valence electrons. The van der Waals surface area contributed by atoms with Crippen molar-refractivity contribution >= 4 is 21.7 Å². The zero-order valence-corrected chi connectivity index (χ0v) is 20.6. The summed E-state index contributed by atoms with van der Waals surface area (Å²) < 4.78 is 28.7. The van der Waals surface area contributed by atoms with Crippen LogP contribution in [0.1, 0.15) is 65.3 Å². The fourth-order valence-corrected chi connectivity index (χ4v) is 5.70. The van der Waals surface area contributed by atoms with Crippen LogP contribution in [0.15, 0.2) is 40.0 Å². The van der Waals surface area contributed by atoms with Crippen LogP contribution < -0.4 is 10.9 Å². The first-order valence-electron chi connectivity index (χ1n) is 11.8. The molecule has 2 aliphatic rings. The van der Waals surface area contributed by atoms with Crippen LogP contribution in [-0.4, -0.2) is 51.5 Å². The van der Waals surface area contributed by atoms with E-state index in [4.69, 9.17) is 0 Å². The highest BCUT2D eigenvalue weighted by Gasteiger charge is 2.29. The van der Waals surface area contributed by atoms with Gasteiger partial charge in [0.05, 0.1) is 10.6 Å². The van der Waals surface area contributed by atoms with Crippen LogP contribution in [0.25, 0.3) is 5.95 Å². The second-order valence-electron chi connectivity index (χ2n) is 9.18. The molecule has 1 saturated heterocycles. The molecule has 0 atom stereocenters. The Hall–Kier alpha value is -3.31. The minimum atomic E-state index is -3.57. The number of aromatic nitrogens is 4. The number of piperidine rings is 1. The molecule has 1 amide bonds. The fourth-order valence-electron chi connectivity index (χ4n) is 4.18. The number of nitrogens with zero attached hydrogens (tertiary/aromatic N) is 4. The Morgan fingerprint density at radius 3 is 2.40 bits per heavy atom. The van der Waals surface area contributed by atoms with E-state index >= 15 is 0 Å². The van der Waals surface area contributed by atoms with Gasteiger partial charge in [-0.3, -0.25) is 14.6 Å². The fraction of sp³-hybridized carbons (Fsp3) is 0.417. The van der Waals surface area contributed by atoms with E-state index in [1.54, 1.807) is 19.9 Å². The first-order chi connectivity index (χ1) is 16.7. The van der Waals surface area contributed by atoms with E-state index in [2.05, 4.69) is 20.4 Å². The summed E-state index contributed by atoms with van der Waals surface area (Å²) in [6, 6.07) is 7.73. The number of anilines is 1. The molecule has 0 radical (unpaired) electrons. The van der Waals surface area contributed by atoms with Crippen LogP contribution in [0, 0.1) is 13.8 Å². The Morgan fingerprint density at radius 2 is 1.77 bits per heavy atom. The van der Waals surface area contributed by atoms with Crippen molar-refractivity contribution in [3.8, 4) is 5.95 Å². The van der Waals surface area contributed by atoms with Crippen LogP contribution in [0.4, 0.5) is 5.82 Å². The van der Waals surface area contributed by atoms with Crippen LogP contribution in [0.5, 0.6) is 0 Å². The lowest BCUT2D eigenvalue weighted by Gasteiger charge is -2.25. The molecular formula is C24H28N6O4S. The van der Waals surface area contributed by atoms with Crippen molar-refractivity contribution in [2.75, 3.05) is 18.4 Å². The van der Waals surface area contributed by atoms with Crippen LogP contribution in [0.2, 0.25) is 0 Å². The van der Waals surface area contributed by atoms with Crippen LogP contribution in [-0.2, 0) is 10.0 Å². The summed E-state index contributed by atoms with van der Waals surface area (Å²) in [6.07, 6.45) is 4.80. The Morgan fingerprint density at radius 1 is 1.09 bits per heavy atom. The summed E-state index contributed by atoms with van der Waals surface area (Å²) in [5, 5.41) is 7.43. The van der Waals surface area contributed by atoms with E-state index in [1.165, 1.54) is 33.3 Å². The standard InChI is InChI=1S/C24H28N6O4S/c1-15-16(2)25-24(27-22(15)31)30-21(14-20(28-30)17-6-7-17)26-23(32)18-8-10-19(11-9-18)35(33,34)29-12-4-3-5-13-29/h8-11,14,17H,3-7,12-13H2,1-2H3,(H,26,32)(H,25,27,31). The lowest BCUT2D eigenvalue weighted by Crippen LogP contribution is -2.35. The highest BCUT2D eigenvalue weighted by Crippen LogP contribution is 2.40. The number of hydrogen-bond donors (Lipinski definition) is 2. The van der Waals surface area contributed by atoms with E-state index in [9.17, 15) is 18.0 Å². The van der Waals surface area contributed by atoms with Gasteiger partial charge in [0.15, 0.2) is 0 Å². The predicted molar refractivity (Wildman–Crippen MR) is 130 cm³/mol. The monoisotopic (exact) mass is 496 g/mol. The molecule has 1 aliphatic heterocycles.